The molecular formula is C19H16N2O6. The van der Waals surface area contributed by atoms with Gasteiger partial charge in [-0.2, -0.15) is 5.26 Å². The molecule has 0 aliphatic carbocycles. The fourth-order valence-corrected chi connectivity index (χ4v) is 2.29. The van der Waals surface area contributed by atoms with Crippen molar-refractivity contribution in [1.29, 1.82) is 5.26 Å². The summed E-state index contributed by atoms with van der Waals surface area (Å²) in [5, 5.41) is 11.4. The molecule has 0 fully saturated rings. The Bertz CT molecular complexity index is 888. The first kappa shape index (κ1) is 18.1. The van der Waals surface area contributed by atoms with Gasteiger partial charge in [0.05, 0.1) is 11.6 Å². The van der Waals surface area contributed by atoms with E-state index < -0.39 is 24.6 Å². The third-order valence-electron chi connectivity index (χ3n) is 3.63. The molecule has 27 heavy (non-hydrogen) atoms. The zero-order valence-electron chi connectivity index (χ0n) is 14.4. The largest absolute Gasteiger partial charge is 0.479 e. The molecule has 0 saturated carbocycles. The number of benzene rings is 2. The summed E-state index contributed by atoms with van der Waals surface area (Å²) in [6.07, 6.45) is -0.906. The molecule has 3 rings (SSSR count). The number of fused-ring (bicyclic) bond motifs is 1. The van der Waals surface area contributed by atoms with Crippen LogP contribution in [0.1, 0.15) is 12.5 Å². The summed E-state index contributed by atoms with van der Waals surface area (Å²) in [4.78, 5) is 23.9. The number of hydrogen-bond acceptors (Lipinski definition) is 7. The second kappa shape index (κ2) is 8.10. The number of nitriles is 1. The Kier molecular flexibility index (Phi) is 5.42. The lowest BCUT2D eigenvalue weighted by atomic mass is 10.2. The van der Waals surface area contributed by atoms with Gasteiger partial charge in [-0.1, -0.05) is 0 Å². The smallest absolute Gasteiger partial charge is 0.347 e. The summed E-state index contributed by atoms with van der Waals surface area (Å²) in [6, 6.07) is 13.3. The zero-order chi connectivity index (χ0) is 19.2. The standard InChI is InChI=1S/C19H16N2O6/c1-12(27-15-5-2-13(9-20)3-6-15)19(23)24-10-18(22)21-14-4-7-16-17(8-14)26-11-25-16/h2-8,12H,10-11H2,1H3,(H,21,22)/t12-/m0/s1. The predicted molar refractivity (Wildman–Crippen MR) is 93.4 cm³/mol. The van der Waals surface area contributed by atoms with Crippen molar-refractivity contribution in [3.63, 3.8) is 0 Å². The van der Waals surface area contributed by atoms with Crippen LogP contribution in [0.4, 0.5) is 5.69 Å². The van der Waals surface area contributed by atoms with Gasteiger partial charge in [0.1, 0.15) is 5.75 Å². The molecule has 0 radical (unpaired) electrons. The fourth-order valence-electron chi connectivity index (χ4n) is 2.29. The quantitative estimate of drug-likeness (QED) is 0.779. The van der Waals surface area contributed by atoms with Gasteiger partial charge in [0.15, 0.2) is 24.2 Å². The van der Waals surface area contributed by atoms with Crippen LogP contribution in [0.25, 0.3) is 0 Å². The summed E-state index contributed by atoms with van der Waals surface area (Å²) in [5.41, 5.74) is 0.986. The maximum Gasteiger partial charge on any atom is 0.347 e. The van der Waals surface area contributed by atoms with Crippen molar-refractivity contribution in [3.05, 3.63) is 48.0 Å². The van der Waals surface area contributed by atoms with Crippen molar-refractivity contribution >= 4 is 17.6 Å². The molecule has 1 aliphatic rings. The van der Waals surface area contributed by atoms with Gasteiger partial charge < -0.3 is 24.3 Å². The molecular weight excluding hydrogens is 352 g/mol. The minimum atomic E-state index is -0.906. The molecule has 1 N–H and O–H groups in total. The van der Waals surface area contributed by atoms with E-state index in [0.717, 1.165) is 0 Å². The lowest BCUT2D eigenvalue weighted by Crippen LogP contribution is -2.29. The number of carbonyl (C=O) groups is 2. The monoisotopic (exact) mass is 368 g/mol. The third kappa shape index (κ3) is 4.67. The van der Waals surface area contributed by atoms with Crippen molar-refractivity contribution in [2.24, 2.45) is 0 Å². The van der Waals surface area contributed by atoms with E-state index in [2.05, 4.69) is 5.32 Å². The number of amides is 1. The number of nitrogens with one attached hydrogen (secondary N) is 1. The molecule has 0 aromatic heterocycles. The van der Waals surface area contributed by atoms with Gasteiger partial charge in [-0.15, -0.1) is 0 Å². The Balaban J connectivity index is 1.46. The number of esters is 1. The molecule has 8 nitrogen and oxygen atoms in total. The summed E-state index contributed by atoms with van der Waals surface area (Å²) >= 11 is 0. The van der Waals surface area contributed by atoms with Crippen LogP contribution in [0.15, 0.2) is 42.5 Å². The molecule has 0 unspecified atom stereocenters. The summed E-state index contributed by atoms with van der Waals surface area (Å²) < 4.78 is 20.8. The maximum absolute atomic E-state index is 12.0. The Labute approximate surface area is 155 Å². The van der Waals surface area contributed by atoms with E-state index in [-0.39, 0.29) is 6.79 Å². The lowest BCUT2D eigenvalue weighted by molar-refractivity contribution is -0.153. The SMILES string of the molecule is C[C@H](Oc1ccc(C#N)cc1)C(=O)OCC(=O)Nc1ccc2c(c1)OCO2. The number of anilines is 1. The first-order valence-corrected chi connectivity index (χ1v) is 8.08. The molecule has 0 bridgehead atoms. The van der Waals surface area contributed by atoms with E-state index in [1.165, 1.54) is 6.92 Å². The molecule has 138 valence electrons. The van der Waals surface area contributed by atoms with Crippen LogP contribution in [0.2, 0.25) is 0 Å². The van der Waals surface area contributed by atoms with Crippen LogP contribution in [-0.4, -0.2) is 31.4 Å². The highest BCUT2D eigenvalue weighted by Crippen LogP contribution is 2.34. The van der Waals surface area contributed by atoms with Gasteiger partial charge in [0.25, 0.3) is 5.91 Å². The van der Waals surface area contributed by atoms with Gasteiger partial charge in [-0.05, 0) is 43.3 Å². The number of ether oxygens (including phenoxy) is 4. The highest BCUT2D eigenvalue weighted by molar-refractivity contribution is 5.93. The molecule has 0 saturated heterocycles. The van der Waals surface area contributed by atoms with Crippen molar-refractivity contribution in [1.82, 2.24) is 0 Å². The topological polar surface area (TPSA) is 107 Å². The average molecular weight is 368 g/mol. The minimum absolute atomic E-state index is 0.140. The Morgan fingerprint density at radius 2 is 1.93 bits per heavy atom. The predicted octanol–water partition coefficient (Wildman–Crippen LogP) is 2.24. The molecule has 8 heteroatoms. The summed E-state index contributed by atoms with van der Waals surface area (Å²) in [7, 11) is 0. The highest BCUT2D eigenvalue weighted by Gasteiger charge is 2.19. The summed E-state index contributed by atoms with van der Waals surface area (Å²) in [6.45, 7) is 1.20. The van der Waals surface area contributed by atoms with E-state index in [9.17, 15) is 9.59 Å². The van der Waals surface area contributed by atoms with E-state index in [0.29, 0.717) is 28.5 Å². The van der Waals surface area contributed by atoms with Gasteiger partial charge in [-0.3, -0.25) is 4.79 Å². The Morgan fingerprint density at radius 3 is 2.67 bits per heavy atom. The molecule has 2 aromatic rings. The molecule has 1 atom stereocenters. The average Bonchev–Trinajstić information content (AvgIpc) is 3.14. The van der Waals surface area contributed by atoms with Crippen LogP contribution < -0.4 is 19.5 Å². The van der Waals surface area contributed by atoms with Crippen molar-refractivity contribution in [2.75, 3.05) is 18.7 Å². The second-order valence-electron chi connectivity index (χ2n) is 5.62. The molecule has 1 amide bonds. The number of carbonyl (C=O) groups excluding carboxylic acids is 2. The Morgan fingerprint density at radius 1 is 1.19 bits per heavy atom. The first-order valence-electron chi connectivity index (χ1n) is 8.08. The zero-order valence-corrected chi connectivity index (χ0v) is 14.4. The van der Waals surface area contributed by atoms with Crippen LogP contribution in [0.3, 0.4) is 0 Å². The van der Waals surface area contributed by atoms with Gasteiger partial charge in [-0.25, -0.2) is 4.79 Å². The number of hydrogen-bond donors (Lipinski definition) is 1. The van der Waals surface area contributed by atoms with Crippen LogP contribution in [0, 0.1) is 11.3 Å². The number of rotatable bonds is 6. The number of nitrogens with zero attached hydrogens (tertiary/aromatic N) is 1. The van der Waals surface area contributed by atoms with Crippen molar-refractivity contribution in [2.45, 2.75) is 13.0 Å². The minimum Gasteiger partial charge on any atom is -0.479 e. The fraction of sp³-hybridized carbons (Fsp3) is 0.211. The van der Waals surface area contributed by atoms with Gasteiger partial charge in [0, 0.05) is 11.8 Å². The van der Waals surface area contributed by atoms with E-state index >= 15 is 0 Å². The normalized spacial score (nSPS) is 12.6. The molecule has 1 aliphatic heterocycles. The van der Waals surface area contributed by atoms with E-state index in [4.69, 9.17) is 24.2 Å². The van der Waals surface area contributed by atoms with E-state index in [1.807, 2.05) is 6.07 Å². The van der Waals surface area contributed by atoms with Crippen LogP contribution in [0.5, 0.6) is 17.2 Å². The third-order valence-corrected chi connectivity index (χ3v) is 3.63. The van der Waals surface area contributed by atoms with Gasteiger partial charge in [0.2, 0.25) is 6.79 Å². The molecule has 1 heterocycles. The van der Waals surface area contributed by atoms with Crippen LogP contribution >= 0.6 is 0 Å². The molecule has 2 aromatic carbocycles. The summed E-state index contributed by atoms with van der Waals surface area (Å²) in [5.74, 6) is 0.388. The second-order valence-corrected chi connectivity index (χ2v) is 5.62. The first-order chi connectivity index (χ1) is 13.0. The lowest BCUT2D eigenvalue weighted by Gasteiger charge is -2.14. The van der Waals surface area contributed by atoms with Crippen molar-refractivity contribution in [3.8, 4) is 23.3 Å². The van der Waals surface area contributed by atoms with E-state index in [1.54, 1.807) is 42.5 Å². The Hall–Kier alpha value is -3.73. The van der Waals surface area contributed by atoms with Crippen LogP contribution in [-0.2, 0) is 14.3 Å². The molecule has 0 spiro atoms. The maximum atomic E-state index is 12.0. The van der Waals surface area contributed by atoms with Gasteiger partial charge >= 0.3 is 5.97 Å². The highest BCUT2D eigenvalue weighted by atomic mass is 16.7. The van der Waals surface area contributed by atoms with Crippen molar-refractivity contribution < 1.29 is 28.5 Å².